The molecule has 0 radical (unpaired) electrons. The predicted molar refractivity (Wildman–Crippen MR) is 126 cm³/mol. The Balaban J connectivity index is 1.62. The molecule has 0 aliphatic carbocycles. The first-order valence-electron chi connectivity index (χ1n) is 12.4. The minimum absolute atomic E-state index is 0.00992. The number of nitrogens with zero attached hydrogens (tertiary/aromatic N) is 1. The zero-order valence-electron chi connectivity index (χ0n) is 20.8. The lowest BCUT2D eigenvalue weighted by Gasteiger charge is -2.54. The Morgan fingerprint density at radius 1 is 1.28 bits per heavy atom. The first-order chi connectivity index (χ1) is 15.0. The number of fused-ring (bicyclic) bond motifs is 3. The molecule has 3 aliphatic heterocycles. The normalized spacial score (nSPS) is 31.9. The number of ether oxygens (including phenoxy) is 3. The van der Waals surface area contributed by atoms with Gasteiger partial charge in [0.1, 0.15) is 17.0 Å². The van der Waals surface area contributed by atoms with Gasteiger partial charge >= 0.3 is 6.09 Å². The Kier molecular flexibility index (Phi) is 6.26. The van der Waals surface area contributed by atoms with Crippen LogP contribution >= 0.6 is 0 Å². The highest BCUT2D eigenvalue weighted by Crippen LogP contribution is 2.55. The van der Waals surface area contributed by atoms with E-state index in [0.717, 1.165) is 50.0 Å². The summed E-state index contributed by atoms with van der Waals surface area (Å²) in [6.07, 6.45) is 5.94. The van der Waals surface area contributed by atoms with Crippen LogP contribution in [0, 0.1) is 11.8 Å². The SMILES string of the molecule is CC(C)CCC[C@]1(C)Oc2ccccc2[C@H]2OCC3(CCCN3C(=O)OC(C)(C)C)C[C@@H]21. The number of likely N-dealkylation sites (tertiary alicyclic amines) is 1. The molecule has 32 heavy (non-hydrogen) atoms. The second-order valence-electron chi connectivity index (χ2n) is 11.7. The van der Waals surface area contributed by atoms with Gasteiger partial charge < -0.3 is 19.1 Å². The molecule has 5 nitrogen and oxygen atoms in total. The number of amides is 1. The van der Waals surface area contributed by atoms with Gasteiger partial charge in [0.05, 0.1) is 18.2 Å². The Hall–Kier alpha value is -1.75. The van der Waals surface area contributed by atoms with Crippen molar-refractivity contribution in [1.82, 2.24) is 4.90 Å². The molecule has 0 bridgehead atoms. The molecular formula is C27H41NO4. The van der Waals surface area contributed by atoms with Crippen LogP contribution in [0.5, 0.6) is 5.75 Å². The number of hydrogen-bond acceptors (Lipinski definition) is 4. The number of carbonyl (C=O) groups excluding carboxylic acids is 1. The van der Waals surface area contributed by atoms with Crippen LogP contribution < -0.4 is 4.74 Å². The summed E-state index contributed by atoms with van der Waals surface area (Å²) in [7, 11) is 0. The van der Waals surface area contributed by atoms with E-state index < -0.39 is 5.60 Å². The number of benzene rings is 1. The standard InChI is InChI=1S/C27H41NO4/c1-19(2)11-9-14-26(6)21-17-27(15-10-16-28(27)24(29)32-25(3,4)5)18-30-23(21)20-12-7-8-13-22(20)31-26/h7-8,12-13,19,21,23H,9-11,14-18H2,1-6H3/t21-,23+,26-,27?/m0/s1. The van der Waals surface area contributed by atoms with Crippen molar-refractivity contribution >= 4 is 6.09 Å². The molecule has 1 unspecified atom stereocenters. The van der Waals surface area contributed by atoms with Gasteiger partial charge in [-0.3, -0.25) is 0 Å². The van der Waals surface area contributed by atoms with Gasteiger partial charge in [-0.1, -0.05) is 38.5 Å². The fraction of sp³-hybridized carbons (Fsp3) is 0.741. The molecule has 5 heteroatoms. The molecule has 4 rings (SSSR count). The quantitative estimate of drug-likeness (QED) is 0.532. The van der Waals surface area contributed by atoms with Gasteiger partial charge in [0, 0.05) is 18.0 Å². The molecule has 1 aromatic carbocycles. The van der Waals surface area contributed by atoms with Gasteiger partial charge in [-0.15, -0.1) is 0 Å². The summed E-state index contributed by atoms with van der Waals surface area (Å²) >= 11 is 0. The van der Waals surface area contributed by atoms with E-state index in [9.17, 15) is 4.79 Å². The van der Waals surface area contributed by atoms with Crippen molar-refractivity contribution in [3.8, 4) is 5.75 Å². The molecular weight excluding hydrogens is 402 g/mol. The van der Waals surface area contributed by atoms with E-state index >= 15 is 0 Å². The summed E-state index contributed by atoms with van der Waals surface area (Å²) in [5, 5.41) is 0. The molecule has 3 aliphatic rings. The van der Waals surface area contributed by atoms with Gasteiger partial charge in [-0.2, -0.15) is 0 Å². The van der Waals surface area contributed by atoms with Crippen molar-refractivity contribution in [3.63, 3.8) is 0 Å². The number of rotatable bonds is 4. The molecule has 0 aromatic heterocycles. The Bertz CT molecular complexity index is 831. The minimum Gasteiger partial charge on any atom is -0.487 e. The minimum atomic E-state index is -0.503. The maximum atomic E-state index is 13.1. The lowest BCUT2D eigenvalue weighted by atomic mass is 9.68. The average Bonchev–Trinajstić information content (AvgIpc) is 3.10. The summed E-state index contributed by atoms with van der Waals surface area (Å²) in [6.45, 7) is 13.9. The van der Waals surface area contributed by atoms with E-state index in [0.29, 0.717) is 12.5 Å². The Morgan fingerprint density at radius 3 is 2.75 bits per heavy atom. The van der Waals surface area contributed by atoms with Crippen molar-refractivity contribution in [2.75, 3.05) is 13.2 Å². The molecule has 0 saturated carbocycles. The van der Waals surface area contributed by atoms with E-state index in [4.69, 9.17) is 14.2 Å². The van der Waals surface area contributed by atoms with Crippen LogP contribution in [0.1, 0.15) is 91.7 Å². The van der Waals surface area contributed by atoms with Gasteiger partial charge in [-0.05, 0) is 71.8 Å². The van der Waals surface area contributed by atoms with E-state index in [1.807, 2.05) is 31.7 Å². The average molecular weight is 444 g/mol. The third kappa shape index (κ3) is 4.50. The summed E-state index contributed by atoms with van der Waals surface area (Å²) in [5.74, 6) is 1.82. The van der Waals surface area contributed by atoms with Crippen molar-refractivity contribution in [3.05, 3.63) is 29.8 Å². The zero-order valence-corrected chi connectivity index (χ0v) is 20.8. The summed E-state index contributed by atoms with van der Waals surface area (Å²) in [4.78, 5) is 15.1. The van der Waals surface area contributed by atoms with Crippen LogP contribution in [-0.4, -0.2) is 40.9 Å². The highest BCUT2D eigenvalue weighted by Gasteiger charge is 2.57. The van der Waals surface area contributed by atoms with E-state index in [1.165, 1.54) is 6.42 Å². The molecule has 0 N–H and O–H groups in total. The Morgan fingerprint density at radius 2 is 2.03 bits per heavy atom. The lowest BCUT2D eigenvalue weighted by Crippen LogP contribution is -2.60. The zero-order chi connectivity index (χ0) is 23.1. The van der Waals surface area contributed by atoms with Crippen LogP contribution in [0.15, 0.2) is 24.3 Å². The molecule has 2 fully saturated rings. The number of para-hydroxylation sites is 1. The molecule has 2 saturated heterocycles. The maximum absolute atomic E-state index is 13.1. The summed E-state index contributed by atoms with van der Waals surface area (Å²) in [6, 6.07) is 8.32. The number of carbonyl (C=O) groups is 1. The fourth-order valence-electron chi connectivity index (χ4n) is 5.91. The third-order valence-corrected chi connectivity index (χ3v) is 7.51. The predicted octanol–water partition coefficient (Wildman–Crippen LogP) is 6.51. The summed E-state index contributed by atoms with van der Waals surface area (Å²) in [5.41, 5.74) is 0.0228. The molecule has 3 heterocycles. The van der Waals surface area contributed by atoms with Crippen molar-refractivity contribution in [2.24, 2.45) is 11.8 Å². The van der Waals surface area contributed by atoms with E-state index in [2.05, 4.69) is 39.0 Å². The maximum Gasteiger partial charge on any atom is 0.410 e. The molecule has 1 spiro atoms. The highest BCUT2D eigenvalue weighted by atomic mass is 16.6. The second kappa shape index (κ2) is 8.55. The van der Waals surface area contributed by atoms with Gasteiger partial charge in [0.15, 0.2) is 0 Å². The molecule has 178 valence electrons. The molecule has 1 aromatic rings. The lowest BCUT2D eigenvalue weighted by molar-refractivity contribution is -0.170. The van der Waals surface area contributed by atoms with Crippen LogP contribution in [-0.2, 0) is 9.47 Å². The molecule has 1 amide bonds. The van der Waals surface area contributed by atoms with Crippen LogP contribution in [0.2, 0.25) is 0 Å². The third-order valence-electron chi connectivity index (χ3n) is 7.51. The highest BCUT2D eigenvalue weighted by molar-refractivity contribution is 5.70. The monoisotopic (exact) mass is 443 g/mol. The van der Waals surface area contributed by atoms with Crippen molar-refractivity contribution in [2.45, 2.75) is 103 Å². The van der Waals surface area contributed by atoms with E-state index in [1.54, 1.807) is 0 Å². The fourth-order valence-corrected chi connectivity index (χ4v) is 5.91. The Labute approximate surface area is 193 Å². The van der Waals surface area contributed by atoms with Crippen molar-refractivity contribution < 1.29 is 19.0 Å². The summed E-state index contributed by atoms with van der Waals surface area (Å²) < 4.78 is 19.2. The van der Waals surface area contributed by atoms with Crippen LogP contribution in [0.4, 0.5) is 4.79 Å². The first-order valence-corrected chi connectivity index (χ1v) is 12.4. The van der Waals surface area contributed by atoms with Gasteiger partial charge in [0.2, 0.25) is 0 Å². The van der Waals surface area contributed by atoms with Crippen molar-refractivity contribution in [1.29, 1.82) is 0 Å². The first kappa shape index (κ1) is 23.4. The smallest absolute Gasteiger partial charge is 0.410 e. The van der Waals surface area contributed by atoms with Gasteiger partial charge in [0.25, 0.3) is 0 Å². The largest absolute Gasteiger partial charge is 0.487 e. The topological polar surface area (TPSA) is 48.0 Å². The van der Waals surface area contributed by atoms with Gasteiger partial charge in [-0.25, -0.2) is 4.79 Å². The number of hydrogen-bond donors (Lipinski definition) is 0. The van der Waals surface area contributed by atoms with Crippen LogP contribution in [0.25, 0.3) is 0 Å². The molecule has 4 atom stereocenters. The second-order valence-corrected chi connectivity index (χ2v) is 11.7. The van der Waals surface area contributed by atoms with Crippen LogP contribution in [0.3, 0.4) is 0 Å². The van der Waals surface area contributed by atoms with E-state index in [-0.39, 0.29) is 29.3 Å².